The fraction of sp³-hybridized carbons (Fsp3) is 0.0909. The van der Waals surface area contributed by atoms with Gasteiger partial charge in [0.05, 0.1) is 16.7 Å². The number of rotatable bonds is 8. The molecule has 0 N–H and O–H groups in total. The number of para-hydroxylation sites is 4. The van der Waals surface area contributed by atoms with Crippen LogP contribution in [-0.4, -0.2) is 4.57 Å². The van der Waals surface area contributed by atoms with E-state index in [-0.39, 0.29) is 0 Å². The van der Waals surface area contributed by atoms with Gasteiger partial charge in [-0.1, -0.05) is 207 Å². The van der Waals surface area contributed by atoms with Crippen LogP contribution in [0.5, 0.6) is 0 Å². The van der Waals surface area contributed by atoms with E-state index >= 15 is 0 Å². The van der Waals surface area contributed by atoms with Gasteiger partial charge in [0.25, 0.3) is 0 Å². The van der Waals surface area contributed by atoms with Crippen LogP contribution < -0.4 is 4.90 Å². The van der Waals surface area contributed by atoms with Crippen molar-refractivity contribution in [3.05, 3.63) is 242 Å². The van der Waals surface area contributed by atoms with Gasteiger partial charge in [-0.3, -0.25) is 0 Å². The molecule has 0 spiro atoms. The molecule has 2 heteroatoms. The van der Waals surface area contributed by atoms with E-state index in [9.17, 15) is 0 Å². The van der Waals surface area contributed by atoms with Crippen LogP contribution in [0.3, 0.4) is 0 Å². The van der Waals surface area contributed by atoms with Crippen LogP contribution in [0.15, 0.2) is 237 Å². The van der Waals surface area contributed by atoms with Crippen molar-refractivity contribution in [2.45, 2.75) is 38.0 Å². The highest BCUT2D eigenvalue weighted by molar-refractivity contribution is 6.14. The number of hydrogen-bond donors (Lipinski definition) is 0. The van der Waals surface area contributed by atoms with E-state index in [0.717, 1.165) is 22.7 Å². The molecule has 1 aromatic heterocycles. The van der Waals surface area contributed by atoms with E-state index in [2.05, 4.69) is 246 Å². The van der Waals surface area contributed by atoms with Crippen molar-refractivity contribution in [2.24, 2.45) is 0 Å². The lowest BCUT2D eigenvalue weighted by Crippen LogP contribution is -2.11. The molecule has 1 aliphatic rings. The minimum absolute atomic E-state index is 0.578. The minimum atomic E-state index is 0.578. The molecule has 12 aromatic rings. The molecule has 1 aliphatic carbocycles. The Morgan fingerprint density at radius 2 is 0.926 bits per heavy atom. The number of fused-ring (bicyclic) bond motifs is 7. The topological polar surface area (TPSA) is 8.17 Å². The third-order valence-electron chi connectivity index (χ3n) is 14.8. The quantitative estimate of drug-likeness (QED) is 0.138. The van der Waals surface area contributed by atoms with Crippen LogP contribution in [0.2, 0.25) is 0 Å². The Morgan fingerprint density at radius 3 is 1.72 bits per heavy atom. The Hall–Kier alpha value is -8.20. The number of benzene rings is 11. The largest absolute Gasteiger partial charge is 0.310 e. The summed E-state index contributed by atoms with van der Waals surface area (Å²) in [6.07, 6.45) is 6.46. The third-order valence-corrected chi connectivity index (χ3v) is 14.8. The predicted octanol–water partition coefficient (Wildman–Crippen LogP) is 18.8. The first-order valence-corrected chi connectivity index (χ1v) is 24.4. The van der Waals surface area contributed by atoms with E-state index in [1.54, 1.807) is 0 Å². The Kier molecular flexibility index (Phi) is 9.97. The van der Waals surface area contributed by atoms with Crippen LogP contribution in [-0.2, 0) is 0 Å². The molecule has 1 fully saturated rings. The molecule has 13 rings (SSSR count). The average molecular weight is 871 g/mol. The summed E-state index contributed by atoms with van der Waals surface area (Å²) < 4.78 is 2.43. The lowest BCUT2D eigenvalue weighted by molar-refractivity contribution is 0.445. The van der Waals surface area contributed by atoms with E-state index in [0.29, 0.717) is 5.92 Å². The lowest BCUT2D eigenvalue weighted by atomic mass is 9.80. The van der Waals surface area contributed by atoms with Crippen molar-refractivity contribution in [3.8, 4) is 39.1 Å². The smallest absolute Gasteiger partial charge is 0.0619 e. The number of anilines is 3. The van der Waals surface area contributed by atoms with Gasteiger partial charge in [0.2, 0.25) is 0 Å². The fourth-order valence-electron chi connectivity index (χ4n) is 11.6. The Morgan fingerprint density at radius 1 is 0.353 bits per heavy atom. The van der Waals surface area contributed by atoms with Crippen LogP contribution in [0.25, 0.3) is 93.2 Å². The van der Waals surface area contributed by atoms with Crippen LogP contribution in [0.1, 0.15) is 43.6 Å². The molecule has 0 radical (unpaired) electrons. The van der Waals surface area contributed by atoms with Crippen LogP contribution in [0, 0.1) is 0 Å². The maximum Gasteiger partial charge on any atom is 0.0619 e. The molecule has 11 aromatic carbocycles. The number of aromatic nitrogens is 1. The first-order valence-electron chi connectivity index (χ1n) is 24.4. The molecule has 0 atom stereocenters. The zero-order valence-electron chi connectivity index (χ0n) is 38.0. The number of hydrogen-bond acceptors (Lipinski definition) is 1. The molecule has 0 unspecified atom stereocenters. The second kappa shape index (κ2) is 16.9. The number of nitrogens with zero attached hydrogens (tertiary/aromatic N) is 2. The highest BCUT2D eigenvalue weighted by Gasteiger charge is 2.24. The molecule has 0 saturated heterocycles. The standard InChI is InChI=1S/C66H50N2/c1-3-17-45(18-4-1)55-28-13-20-49-21-14-31-61(65(49)55)59-25-9-11-33-63(59)67(51-40-35-47(36-41-51)54-27-15-30-57-53-24-8-7-19-46(53)39-44-58(54)57)52-42-37-48(38-43-52)56-29-16-32-62-60-26-10-12-34-64(60)68(66(56)62)50-22-5-2-6-23-50/h2,5-16,19-45H,1,3-4,17-18H2. The van der Waals surface area contributed by atoms with Crippen LogP contribution >= 0.6 is 0 Å². The fourth-order valence-corrected chi connectivity index (χ4v) is 11.6. The van der Waals surface area contributed by atoms with Crippen molar-refractivity contribution in [2.75, 3.05) is 4.90 Å². The van der Waals surface area contributed by atoms with Gasteiger partial charge in [-0.05, 0) is 127 Å². The second-order valence-corrected chi connectivity index (χ2v) is 18.6. The van der Waals surface area contributed by atoms with E-state index < -0.39 is 0 Å². The van der Waals surface area contributed by atoms with E-state index in [1.807, 2.05) is 0 Å². The molecule has 68 heavy (non-hydrogen) atoms. The van der Waals surface area contributed by atoms with Gasteiger partial charge in [0.15, 0.2) is 0 Å². The van der Waals surface area contributed by atoms with Crippen molar-refractivity contribution in [1.82, 2.24) is 4.57 Å². The van der Waals surface area contributed by atoms with Gasteiger partial charge in [0, 0.05) is 39.0 Å². The first-order chi connectivity index (χ1) is 33.8. The summed E-state index contributed by atoms with van der Waals surface area (Å²) in [5.74, 6) is 0.578. The van der Waals surface area contributed by atoms with Crippen molar-refractivity contribution < 1.29 is 0 Å². The predicted molar refractivity (Wildman–Crippen MR) is 290 cm³/mol. The molecule has 2 nitrogen and oxygen atoms in total. The lowest BCUT2D eigenvalue weighted by Gasteiger charge is -2.29. The molecule has 1 saturated carbocycles. The summed E-state index contributed by atoms with van der Waals surface area (Å²) in [5, 5.41) is 10.3. The maximum absolute atomic E-state index is 2.48. The first kappa shape index (κ1) is 40.1. The second-order valence-electron chi connectivity index (χ2n) is 18.6. The van der Waals surface area contributed by atoms with E-state index in [1.165, 1.54) is 125 Å². The van der Waals surface area contributed by atoms with Gasteiger partial charge in [0.1, 0.15) is 0 Å². The van der Waals surface area contributed by atoms with Crippen LogP contribution in [0.4, 0.5) is 17.1 Å². The molecular formula is C66H50N2. The molecule has 1 heterocycles. The van der Waals surface area contributed by atoms with Gasteiger partial charge in [-0.25, -0.2) is 0 Å². The summed E-state index contributed by atoms with van der Waals surface area (Å²) in [5.41, 5.74) is 15.8. The van der Waals surface area contributed by atoms with Gasteiger partial charge < -0.3 is 9.47 Å². The maximum atomic E-state index is 2.48. The summed E-state index contributed by atoms with van der Waals surface area (Å²) in [7, 11) is 0. The van der Waals surface area contributed by atoms with Crippen molar-refractivity contribution in [3.63, 3.8) is 0 Å². The molecule has 324 valence electrons. The highest BCUT2D eigenvalue weighted by atomic mass is 15.1. The third kappa shape index (κ3) is 6.78. The summed E-state index contributed by atoms with van der Waals surface area (Å²) in [6, 6.07) is 87.8. The Bertz CT molecular complexity index is 3810. The Balaban J connectivity index is 0.981. The average Bonchev–Trinajstić information content (AvgIpc) is 3.76. The monoisotopic (exact) mass is 870 g/mol. The zero-order valence-corrected chi connectivity index (χ0v) is 38.0. The molecule has 0 amide bonds. The minimum Gasteiger partial charge on any atom is -0.310 e. The normalized spacial score (nSPS) is 13.2. The van der Waals surface area contributed by atoms with Gasteiger partial charge in [-0.15, -0.1) is 0 Å². The van der Waals surface area contributed by atoms with E-state index in [4.69, 9.17) is 0 Å². The highest BCUT2D eigenvalue weighted by Crippen LogP contribution is 2.47. The van der Waals surface area contributed by atoms with Gasteiger partial charge in [-0.2, -0.15) is 0 Å². The summed E-state index contributed by atoms with van der Waals surface area (Å²) in [4.78, 5) is 2.48. The Labute approximate surface area is 398 Å². The van der Waals surface area contributed by atoms with Gasteiger partial charge >= 0.3 is 0 Å². The molecular weight excluding hydrogens is 821 g/mol. The SMILES string of the molecule is c1ccc(-n2c3ccccc3c3cccc(-c4ccc(N(c5ccc(-c6cccc7c6ccc6ccccc67)cc5)c5ccccc5-c5cccc6cccc(C7CCCCC7)c56)cc4)c32)cc1. The van der Waals surface area contributed by atoms with Crippen molar-refractivity contribution >= 4 is 71.2 Å². The summed E-state index contributed by atoms with van der Waals surface area (Å²) >= 11 is 0. The summed E-state index contributed by atoms with van der Waals surface area (Å²) in [6.45, 7) is 0. The van der Waals surface area contributed by atoms with Crippen molar-refractivity contribution in [1.29, 1.82) is 0 Å². The molecule has 0 aliphatic heterocycles. The zero-order chi connectivity index (χ0) is 45.0. The molecule has 0 bridgehead atoms.